The van der Waals surface area contributed by atoms with Crippen LogP contribution in [0.4, 0.5) is 0 Å². The summed E-state index contributed by atoms with van der Waals surface area (Å²) in [7, 11) is 0. The van der Waals surface area contributed by atoms with Crippen LogP contribution in [0.15, 0.2) is 10.9 Å². The van der Waals surface area contributed by atoms with Gasteiger partial charge in [0.15, 0.2) is 11.6 Å². The Morgan fingerprint density at radius 2 is 1.95 bits per heavy atom. The van der Waals surface area contributed by atoms with E-state index in [-0.39, 0.29) is 0 Å². The monoisotopic (exact) mass is 274 g/mol. The fraction of sp³-hybridized carbons (Fsp3) is 0.643. The Labute approximate surface area is 116 Å². The maximum atomic E-state index is 4.82. The number of thiazole rings is 1. The Morgan fingerprint density at radius 1 is 1.11 bits per heavy atom. The SMILES string of the molecule is c1nc(-c2nc(C3CC3)nn2C2CCCCC2)cs1. The summed E-state index contributed by atoms with van der Waals surface area (Å²) >= 11 is 1.63. The molecule has 0 atom stereocenters. The van der Waals surface area contributed by atoms with Crippen molar-refractivity contribution in [1.82, 2.24) is 19.7 Å². The van der Waals surface area contributed by atoms with Gasteiger partial charge in [-0.3, -0.25) is 0 Å². The molecule has 2 aromatic heterocycles. The molecule has 0 aromatic carbocycles. The zero-order chi connectivity index (χ0) is 12.7. The van der Waals surface area contributed by atoms with Crippen molar-refractivity contribution in [2.24, 2.45) is 0 Å². The van der Waals surface area contributed by atoms with Crippen molar-refractivity contribution in [3.63, 3.8) is 0 Å². The maximum absolute atomic E-state index is 4.82. The molecule has 2 fully saturated rings. The number of rotatable bonds is 3. The Hall–Kier alpha value is -1.23. The molecule has 2 heterocycles. The number of hydrogen-bond donors (Lipinski definition) is 0. The van der Waals surface area contributed by atoms with Gasteiger partial charge in [-0.05, 0) is 25.7 Å². The Morgan fingerprint density at radius 3 is 2.63 bits per heavy atom. The highest BCUT2D eigenvalue weighted by Crippen LogP contribution is 2.40. The van der Waals surface area contributed by atoms with Gasteiger partial charge >= 0.3 is 0 Å². The molecular weight excluding hydrogens is 256 g/mol. The van der Waals surface area contributed by atoms with Gasteiger partial charge in [-0.25, -0.2) is 14.6 Å². The maximum Gasteiger partial charge on any atom is 0.178 e. The summed E-state index contributed by atoms with van der Waals surface area (Å²) in [5.74, 6) is 2.66. The van der Waals surface area contributed by atoms with Crippen molar-refractivity contribution >= 4 is 11.3 Å². The van der Waals surface area contributed by atoms with E-state index in [0.717, 1.165) is 17.3 Å². The molecule has 2 aliphatic carbocycles. The predicted molar refractivity (Wildman–Crippen MR) is 75.2 cm³/mol. The molecule has 0 saturated heterocycles. The van der Waals surface area contributed by atoms with E-state index < -0.39 is 0 Å². The normalized spacial score (nSPS) is 20.8. The highest BCUT2D eigenvalue weighted by atomic mass is 32.1. The molecule has 19 heavy (non-hydrogen) atoms. The lowest BCUT2D eigenvalue weighted by molar-refractivity contribution is 0.330. The first-order valence-corrected chi connectivity index (χ1v) is 8.21. The van der Waals surface area contributed by atoms with Gasteiger partial charge < -0.3 is 0 Å². The van der Waals surface area contributed by atoms with Crippen molar-refractivity contribution < 1.29 is 0 Å². The predicted octanol–water partition coefficient (Wildman–Crippen LogP) is 3.78. The van der Waals surface area contributed by atoms with Crippen molar-refractivity contribution in [3.8, 4) is 11.5 Å². The average molecular weight is 274 g/mol. The highest BCUT2D eigenvalue weighted by Gasteiger charge is 2.31. The van der Waals surface area contributed by atoms with Crippen LogP contribution in [-0.4, -0.2) is 19.7 Å². The summed E-state index contributed by atoms with van der Waals surface area (Å²) in [5.41, 5.74) is 2.88. The zero-order valence-electron chi connectivity index (χ0n) is 11.0. The third kappa shape index (κ3) is 2.20. The van der Waals surface area contributed by atoms with Gasteiger partial charge in [0.25, 0.3) is 0 Å². The lowest BCUT2D eigenvalue weighted by Crippen LogP contribution is -2.15. The van der Waals surface area contributed by atoms with E-state index in [1.165, 1.54) is 44.9 Å². The quantitative estimate of drug-likeness (QED) is 0.855. The Balaban J connectivity index is 1.74. The van der Waals surface area contributed by atoms with Crippen LogP contribution >= 0.6 is 11.3 Å². The molecule has 0 amide bonds. The smallest absolute Gasteiger partial charge is 0.178 e. The Bertz CT molecular complexity index is 550. The van der Waals surface area contributed by atoms with E-state index >= 15 is 0 Å². The van der Waals surface area contributed by atoms with Crippen LogP contribution in [0.5, 0.6) is 0 Å². The molecule has 0 bridgehead atoms. The minimum Gasteiger partial charge on any atom is -0.241 e. The van der Waals surface area contributed by atoms with Gasteiger partial charge in [0.1, 0.15) is 5.69 Å². The van der Waals surface area contributed by atoms with E-state index in [0.29, 0.717) is 12.0 Å². The second kappa shape index (κ2) is 4.71. The number of aromatic nitrogens is 4. The second-order valence-electron chi connectivity index (χ2n) is 5.68. The van der Waals surface area contributed by atoms with Crippen LogP contribution in [0, 0.1) is 0 Å². The first-order valence-electron chi connectivity index (χ1n) is 7.27. The second-order valence-corrected chi connectivity index (χ2v) is 6.40. The highest BCUT2D eigenvalue weighted by molar-refractivity contribution is 7.07. The van der Waals surface area contributed by atoms with Crippen LogP contribution in [0.25, 0.3) is 11.5 Å². The molecule has 2 saturated carbocycles. The number of hydrogen-bond acceptors (Lipinski definition) is 4. The van der Waals surface area contributed by atoms with Crippen molar-refractivity contribution in [1.29, 1.82) is 0 Å². The van der Waals surface area contributed by atoms with E-state index in [1.807, 2.05) is 5.51 Å². The van der Waals surface area contributed by atoms with Crippen molar-refractivity contribution in [2.45, 2.75) is 56.9 Å². The van der Waals surface area contributed by atoms with Crippen molar-refractivity contribution in [3.05, 3.63) is 16.7 Å². The molecule has 2 aromatic rings. The van der Waals surface area contributed by atoms with Gasteiger partial charge in [0, 0.05) is 11.3 Å². The molecule has 0 unspecified atom stereocenters. The lowest BCUT2D eigenvalue weighted by atomic mass is 9.95. The first-order chi connectivity index (χ1) is 9.42. The molecule has 5 heteroatoms. The molecule has 0 aliphatic heterocycles. The van der Waals surface area contributed by atoms with Crippen LogP contribution < -0.4 is 0 Å². The molecule has 100 valence electrons. The molecule has 2 aliphatic rings. The van der Waals surface area contributed by atoms with Crippen LogP contribution in [0.1, 0.15) is 62.7 Å². The third-order valence-electron chi connectivity index (χ3n) is 4.17. The van der Waals surface area contributed by atoms with Gasteiger partial charge in [0.2, 0.25) is 0 Å². The molecule has 0 N–H and O–H groups in total. The Kier molecular flexibility index (Phi) is 2.87. The molecular formula is C14H18N4S. The largest absolute Gasteiger partial charge is 0.241 e. The van der Waals surface area contributed by atoms with Gasteiger partial charge in [-0.2, -0.15) is 5.10 Å². The zero-order valence-corrected chi connectivity index (χ0v) is 11.8. The fourth-order valence-corrected chi connectivity index (χ4v) is 3.46. The summed E-state index contributed by atoms with van der Waals surface area (Å²) in [6, 6.07) is 0.533. The van der Waals surface area contributed by atoms with Crippen LogP contribution in [-0.2, 0) is 0 Å². The topological polar surface area (TPSA) is 43.6 Å². The molecule has 0 spiro atoms. The van der Waals surface area contributed by atoms with Crippen molar-refractivity contribution in [2.75, 3.05) is 0 Å². The van der Waals surface area contributed by atoms with E-state index in [2.05, 4.69) is 15.0 Å². The molecule has 0 radical (unpaired) electrons. The lowest BCUT2D eigenvalue weighted by Gasteiger charge is -2.22. The minimum atomic E-state index is 0.533. The third-order valence-corrected chi connectivity index (χ3v) is 4.76. The molecule has 4 nitrogen and oxygen atoms in total. The van der Waals surface area contributed by atoms with E-state index in [4.69, 9.17) is 10.1 Å². The standard InChI is InChI=1S/C14H18N4S/c1-2-4-11(5-3-1)18-14(12-8-19-9-15-12)16-13(17-18)10-6-7-10/h8-11H,1-7H2. The van der Waals surface area contributed by atoms with Gasteiger partial charge in [0.05, 0.1) is 11.6 Å². The summed E-state index contributed by atoms with van der Waals surface area (Å²) in [6.07, 6.45) is 9.00. The fourth-order valence-electron chi connectivity index (χ4n) is 2.93. The van der Waals surface area contributed by atoms with E-state index in [9.17, 15) is 0 Å². The summed E-state index contributed by atoms with van der Waals surface area (Å²) in [6.45, 7) is 0. The summed E-state index contributed by atoms with van der Waals surface area (Å²) in [5, 5.41) is 6.91. The van der Waals surface area contributed by atoms with Gasteiger partial charge in [-0.15, -0.1) is 11.3 Å². The number of nitrogens with zero attached hydrogens (tertiary/aromatic N) is 4. The van der Waals surface area contributed by atoms with Crippen LogP contribution in [0.3, 0.4) is 0 Å². The first kappa shape index (κ1) is 11.6. The average Bonchev–Trinajstić information content (AvgIpc) is 3.01. The van der Waals surface area contributed by atoms with Crippen LogP contribution in [0.2, 0.25) is 0 Å². The van der Waals surface area contributed by atoms with Gasteiger partial charge in [-0.1, -0.05) is 19.3 Å². The molecule has 4 rings (SSSR count). The van der Waals surface area contributed by atoms with E-state index in [1.54, 1.807) is 11.3 Å². The summed E-state index contributed by atoms with van der Waals surface area (Å²) in [4.78, 5) is 9.22. The minimum absolute atomic E-state index is 0.533. The summed E-state index contributed by atoms with van der Waals surface area (Å²) < 4.78 is 2.18.